The average Bonchev–Trinajstić information content (AvgIpc) is 2.46. The van der Waals surface area contributed by atoms with E-state index in [1.807, 2.05) is 41.4 Å². The third kappa shape index (κ3) is 2.98. The Labute approximate surface area is 109 Å². The molecule has 0 aliphatic carbocycles. The van der Waals surface area contributed by atoms with Gasteiger partial charge in [0.2, 0.25) is 0 Å². The number of hydrogen-bond donors (Lipinski definition) is 0. The van der Waals surface area contributed by atoms with Gasteiger partial charge in [-0.25, -0.2) is 5.01 Å². The highest BCUT2D eigenvalue weighted by molar-refractivity contribution is 5.83. The van der Waals surface area contributed by atoms with Gasteiger partial charge in [-0.2, -0.15) is 5.10 Å². The second kappa shape index (κ2) is 6.01. The molecule has 0 spiro atoms. The molecule has 92 valence electrons. The number of nitrogens with zero attached hydrogens (tertiary/aromatic N) is 2. The fraction of sp³-hybridized carbons (Fsp3) is 0.188. The molecule has 0 atom stereocenters. The zero-order chi connectivity index (χ0) is 12.8. The highest BCUT2D eigenvalue weighted by Gasteiger charge is 2.07. The Balaban J connectivity index is 2.42. The molecule has 2 heteroatoms. The monoisotopic (exact) mass is 238 g/mol. The van der Waals surface area contributed by atoms with Gasteiger partial charge in [0, 0.05) is 5.71 Å². The Morgan fingerprint density at radius 2 is 1.33 bits per heavy atom. The molecule has 0 aromatic heterocycles. The summed E-state index contributed by atoms with van der Waals surface area (Å²) < 4.78 is 0. The van der Waals surface area contributed by atoms with E-state index < -0.39 is 0 Å². The summed E-state index contributed by atoms with van der Waals surface area (Å²) in [5.41, 5.74) is 3.27. The molecule has 2 aromatic rings. The summed E-state index contributed by atoms with van der Waals surface area (Å²) in [5, 5.41) is 6.67. The second-order valence-electron chi connectivity index (χ2n) is 4.17. The van der Waals surface area contributed by atoms with E-state index in [-0.39, 0.29) is 0 Å². The Morgan fingerprint density at radius 3 is 1.72 bits per heavy atom. The van der Waals surface area contributed by atoms with Crippen LogP contribution in [0.1, 0.15) is 20.3 Å². The van der Waals surface area contributed by atoms with E-state index in [1.165, 1.54) is 0 Å². The lowest BCUT2D eigenvalue weighted by Crippen LogP contribution is -2.11. The third-order valence-corrected chi connectivity index (χ3v) is 2.78. The van der Waals surface area contributed by atoms with Gasteiger partial charge in [0.05, 0.1) is 11.4 Å². The lowest BCUT2D eigenvalue weighted by molar-refractivity contribution is 1.06. The lowest BCUT2D eigenvalue weighted by Gasteiger charge is -2.20. The number of para-hydroxylation sites is 2. The lowest BCUT2D eigenvalue weighted by atomic mass is 10.2. The van der Waals surface area contributed by atoms with Crippen LogP contribution in [-0.2, 0) is 0 Å². The minimum Gasteiger partial charge on any atom is -0.234 e. The van der Waals surface area contributed by atoms with Crippen LogP contribution in [0.5, 0.6) is 0 Å². The molecule has 2 nitrogen and oxygen atoms in total. The topological polar surface area (TPSA) is 15.6 Å². The number of rotatable bonds is 4. The number of benzene rings is 2. The van der Waals surface area contributed by atoms with Gasteiger partial charge >= 0.3 is 0 Å². The molecule has 0 N–H and O–H groups in total. The molecular formula is C16H18N2. The van der Waals surface area contributed by atoms with Gasteiger partial charge in [-0.15, -0.1) is 0 Å². The third-order valence-electron chi connectivity index (χ3n) is 2.78. The molecule has 18 heavy (non-hydrogen) atoms. The first-order chi connectivity index (χ1) is 8.81. The molecule has 0 aliphatic heterocycles. The first-order valence-electron chi connectivity index (χ1n) is 6.25. The van der Waals surface area contributed by atoms with Gasteiger partial charge in [-0.3, -0.25) is 0 Å². The van der Waals surface area contributed by atoms with E-state index >= 15 is 0 Å². The quantitative estimate of drug-likeness (QED) is 0.561. The first-order valence-corrected chi connectivity index (χ1v) is 6.25. The Hall–Kier alpha value is -2.09. The summed E-state index contributed by atoms with van der Waals surface area (Å²) in [4.78, 5) is 0. The summed E-state index contributed by atoms with van der Waals surface area (Å²) >= 11 is 0. The van der Waals surface area contributed by atoms with Crippen molar-refractivity contribution in [1.29, 1.82) is 0 Å². The van der Waals surface area contributed by atoms with Crippen LogP contribution in [0.15, 0.2) is 65.8 Å². The summed E-state index contributed by atoms with van der Waals surface area (Å²) in [5.74, 6) is 0. The molecule has 0 unspecified atom stereocenters. The van der Waals surface area contributed by atoms with Crippen molar-refractivity contribution in [1.82, 2.24) is 0 Å². The second-order valence-corrected chi connectivity index (χ2v) is 4.17. The van der Waals surface area contributed by atoms with Gasteiger partial charge in [0.25, 0.3) is 0 Å². The van der Waals surface area contributed by atoms with Gasteiger partial charge < -0.3 is 0 Å². The fourth-order valence-corrected chi connectivity index (χ4v) is 1.64. The predicted octanol–water partition coefficient (Wildman–Crippen LogP) is 4.61. The minimum absolute atomic E-state index is 0.955. The summed E-state index contributed by atoms with van der Waals surface area (Å²) in [6, 6.07) is 20.4. The minimum atomic E-state index is 0.955. The van der Waals surface area contributed by atoms with Crippen molar-refractivity contribution in [2.75, 3.05) is 5.01 Å². The first kappa shape index (κ1) is 12.4. The zero-order valence-electron chi connectivity index (χ0n) is 10.9. The van der Waals surface area contributed by atoms with Crippen molar-refractivity contribution in [3.05, 3.63) is 60.7 Å². The van der Waals surface area contributed by atoms with Crippen LogP contribution in [0, 0.1) is 0 Å². The van der Waals surface area contributed by atoms with Crippen molar-refractivity contribution >= 4 is 17.1 Å². The van der Waals surface area contributed by atoms with Crippen LogP contribution in [0.25, 0.3) is 0 Å². The zero-order valence-corrected chi connectivity index (χ0v) is 10.9. The van der Waals surface area contributed by atoms with Crippen molar-refractivity contribution in [3.8, 4) is 0 Å². The van der Waals surface area contributed by atoms with Crippen LogP contribution in [0.2, 0.25) is 0 Å². The van der Waals surface area contributed by atoms with Crippen molar-refractivity contribution in [2.24, 2.45) is 5.10 Å². The Bertz CT molecular complexity index is 464. The number of hydrogen-bond acceptors (Lipinski definition) is 2. The SMILES string of the molecule is CCC(C)=NN(c1ccccc1)c1ccccc1. The molecule has 0 fully saturated rings. The smallest absolute Gasteiger partial charge is 0.0652 e. The molecule has 2 rings (SSSR count). The molecule has 0 radical (unpaired) electrons. The van der Waals surface area contributed by atoms with Crippen molar-refractivity contribution < 1.29 is 0 Å². The van der Waals surface area contributed by atoms with Crippen LogP contribution < -0.4 is 5.01 Å². The standard InChI is InChI=1S/C16H18N2/c1-3-14(2)17-18(15-10-6-4-7-11-15)16-12-8-5-9-13-16/h4-13H,3H2,1-2H3. The molecular weight excluding hydrogens is 220 g/mol. The molecule has 0 saturated carbocycles. The number of hydrazone groups is 1. The van der Waals surface area contributed by atoms with Crippen LogP contribution in [0.4, 0.5) is 11.4 Å². The maximum absolute atomic E-state index is 4.69. The molecule has 0 saturated heterocycles. The van der Waals surface area contributed by atoms with Crippen LogP contribution in [-0.4, -0.2) is 5.71 Å². The van der Waals surface area contributed by atoms with E-state index in [0.717, 1.165) is 23.5 Å². The van der Waals surface area contributed by atoms with Gasteiger partial charge in [0.15, 0.2) is 0 Å². The summed E-state index contributed by atoms with van der Waals surface area (Å²) in [6.07, 6.45) is 0.955. The Morgan fingerprint density at radius 1 is 0.889 bits per heavy atom. The van der Waals surface area contributed by atoms with Gasteiger partial charge in [-0.1, -0.05) is 43.3 Å². The van der Waals surface area contributed by atoms with Crippen molar-refractivity contribution in [3.63, 3.8) is 0 Å². The summed E-state index contributed by atoms with van der Waals surface area (Å²) in [7, 11) is 0. The van der Waals surface area contributed by atoms with E-state index in [2.05, 4.69) is 43.2 Å². The van der Waals surface area contributed by atoms with Gasteiger partial charge in [-0.05, 0) is 37.6 Å². The van der Waals surface area contributed by atoms with Crippen LogP contribution in [0.3, 0.4) is 0 Å². The molecule has 2 aromatic carbocycles. The molecule has 0 amide bonds. The van der Waals surface area contributed by atoms with E-state index in [4.69, 9.17) is 0 Å². The number of anilines is 2. The fourth-order valence-electron chi connectivity index (χ4n) is 1.64. The average molecular weight is 238 g/mol. The van der Waals surface area contributed by atoms with E-state index in [9.17, 15) is 0 Å². The Kier molecular flexibility index (Phi) is 4.13. The summed E-state index contributed by atoms with van der Waals surface area (Å²) in [6.45, 7) is 4.17. The maximum Gasteiger partial charge on any atom is 0.0652 e. The largest absolute Gasteiger partial charge is 0.234 e. The van der Waals surface area contributed by atoms with Gasteiger partial charge in [0.1, 0.15) is 0 Å². The normalized spacial score (nSPS) is 11.3. The molecule has 0 heterocycles. The molecule has 0 aliphatic rings. The van der Waals surface area contributed by atoms with E-state index in [0.29, 0.717) is 0 Å². The predicted molar refractivity (Wildman–Crippen MR) is 78.4 cm³/mol. The van der Waals surface area contributed by atoms with Crippen LogP contribution >= 0.6 is 0 Å². The highest BCUT2D eigenvalue weighted by Crippen LogP contribution is 2.25. The van der Waals surface area contributed by atoms with Crippen molar-refractivity contribution in [2.45, 2.75) is 20.3 Å². The van der Waals surface area contributed by atoms with E-state index in [1.54, 1.807) is 0 Å². The molecule has 0 bridgehead atoms. The maximum atomic E-state index is 4.69. The highest BCUT2D eigenvalue weighted by atomic mass is 15.5.